The van der Waals surface area contributed by atoms with E-state index < -0.39 is 17.7 Å². The van der Waals surface area contributed by atoms with E-state index in [0.29, 0.717) is 38.0 Å². The number of benzene rings is 3. The molecule has 1 aliphatic carbocycles. The molecule has 3 aromatic carbocycles. The summed E-state index contributed by atoms with van der Waals surface area (Å²) in [7, 11) is 1.63. The van der Waals surface area contributed by atoms with Crippen LogP contribution in [0, 0.1) is 5.92 Å². The number of rotatable bonds is 9. The molecule has 0 aromatic heterocycles. The Bertz CT molecular complexity index is 1400. The van der Waals surface area contributed by atoms with Crippen molar-refractivity contribution in [2.45, 2.75) is 43.8 Å². The van der Waals surface area contributed by atoms with E-state index in [1.807, 2.05) is 44.2 Å². The minimum absolute atomic E-state index is 0.246. The predicted molar refractivity (Wildman–Crippen MR) is 153 cm³/mol. The topological polar surface area (TPSA) is 77.3 Å². The number of carboxylic acid groups (broad SMARTS) is 1. The van der Waals surface area contributed by atoms with E-state index in [2.05, 4.69) is 5.16 Å². The Morgan fingerprint density at radius 3 is 2.33 bits per heavy atom. The average Bonchev–Trinajstić information content (AvgIpc) is 3.58. The summed E-state index contributed by atoms with van der Waals surface area (Å²) in [6.45, 7) is 4.12. The summed E-state index contributed by atoms with van der Waals surface area (Å²) in [6.07, 6.45) is 0.525. The molecule has 1 aliphatic heterocycles. The maximum atomic E-state index is 11.1. The average molecular weight is 589 g/mol. The molecule has 0 saturated heterocycles. The predicted octanol–water partition coefficient (Wildman–Crippen LogP) is 7.84. The van der Waals surface area contributed by atoms with E-state index in [1.54, 1.807) is 37.4 Å². The lowest BCUT2D eigenvalue weighted by Crippen LogP contribution is -2.46. The Balaban J connectivity index is 1.32. The van der Waals surface area contributed by atoms with Crippen molar-refractivity contribution in [1.29, 1.82) is 0 Å². The highest BCUT2D eigenvalue weighted by Gasteiger charge is 2.46. The van der Waals surface area contributed by atoms with Crippen LogP contribution in [0.15, 0.2) is 65.8 Å². The first-order valence-electron chi connectivity index (χ1n) is 12.6. The second-order valence-electron chi connectivity index (χ2n) is 10.4. The van der Waals surface area contributed by atoms with Crippen molar-refractivity contribution in [2.75, 3.05) is 13.7 Å². The van der Waals surface area contributed by atoms with Crippen LogP contribution in [-0.4, -0.2) is 42.2 Å². The Morgan fingerprint density at radius 2 is 1.72 bits per heavy atom. The zero-order valence-electron chi connectivity index (χ0n) is 21.7. The number of carbonyl (C=O) groups is 1. The molecule has 1 heterocycles. The van der Waals surface area contributed by atoms with E-state index >= 15 is 0 Å². The molecule has 6 nitrogen and oxygen atoms in total. The van der Waals surface area contributed by atoms with Gasteiger partial charge in [-0.25, -0.2) is 4.79 Å². The van der Waals surface area contributed by atoms with E-state index in [0.717, 1.165) is 17.5 Å². The molecule has 3 aromatic rings. The van der Waals surface area contributed by atoms with Gasteiger partial charge in [-0.15, -0.1) is 0 Å². The number of carboxylic acids is 1. The van der Waals surface area contributed by atoms with Gasteiger partial charge in [0, 0.05) is 17.7 Å². The lowest BCUT2D eigenvalue weighted by Gasteiger charge is -2.32. The van der Waals surface area contributed by atoms with Crippen LogP contribution in [0.2, 0.25) is 15.1 Å². The fourth-order valence-corrected chi connectivity index (χ4v) is 6.03. The molecule has 0 bridgehead atoms. The molecule has 204 valence electrons. The van der Waals surface area contributed by atoms with Crippen molar-refractivity contribution in [3.05, 3.63) is 98.0 Å². The molecule has 2 aliphatic rings. The summed E-state index contributed by atoms with van der Waals surface area (Å²) in [5, 5.41) is 15.1. The van der Waals surface area contributed by atoms with Crippen LogP contribution < -0.4 is 4.74 Å². The molecule has 0 spiro atoms. The fraction of sp³-hybridized carbons (Fsp3) is 0.333. The number of aromatic carboxylic acids is 1. The highest BCUT2D eigenvalue weighted by atomic mass is 35.5. The second-order valence-corrected chi connectivity index (χ2v) is 11.6. The number of nitrogens with zero attached hydrogens (tertiary/aromatic N) is 1. The second kappa shape index (κ2) is 11.0. The first kappa shape index (κ1) is 27.8. The highest BCUT2D eigenvalue weighted by molar-refractivity contribution is 6.40. The molecule has 1 N–H and O–H groups in total. The van der Waals surface area contributed by atoms with E-state index in [1.165, 1.54) is 0 Å². The van der Waals surface area contributed by atoms with Crippen LogP contribution in [0.25, 0.3) is 0 Å². The van der Waals surface area contributed by atoms with E-state index in [4.69, 9.17) is 54.2 Å². The fourth-order valence-electron chi connectivity index (χ4n) is 5.13. The van der Waals surface area contributed by atoms with Crippen LogP contribution in [-0.2, 0) is 9.57 Å². The van der Waals surface area contributed by atoms with Gasteiger partial charge in [-0.05, 0) is 79.6 Å². The van der Waals surface area contributed by atoms with Crippen LogP contribution >= 0.6 is 34.8 Å². The van der Waals surface area contributed by atoms with Crippen molar-refractivity contribution < 1.29 is 24.2 Å². The number of halogens is 3. The number of hydrogen-bond donors (Lipinski definition) is 1. The van der Waals surface area contributed by atoms with Gasteiger partial charge in [-0.1, -0.05) is 64.2 Å². The summed E-state index contributed by atoms with van der Waals surface area (Å²) in [5.74, 6) is -0.0286. The quantitative estimate of drug-likeness (QED) is 0.276. The van der Waals surface area contributed by atoms with Gasteiger partial charge in [0.2, 0.25) is 0 Å². The molecule has 9 heteroatoms. The van der Waals surface area contributed by atoms with Crippen molar-refractivity contribution in [2.24, 2.45) is 11.1 Å². The maximum absolute atomic E-state index is 11.1. The largest absolute Gasteiger partial charge is 0.493 e. The molecule has 1 fully saturated rings. The molecule has 1 saturated carbocycles. The molecule has 0 amide bonds. The number of hydrogen-bond acceptors (Lipinski definition) is 5. The summed E-state index contributed by atoms with van der Waals surface area (Å²) in [4.78, 5) is 17.0. The van der Waals surface area contributed by atoms with Crippen molar-refractivity contribution in [3.8, 4) is 5.75 Å². The van der Waals surface area contributed by atoms with Crippen LogP contribution in [0.4, 0.5) is 0 Å². The molecular weight excluding hydrogens is 561 g/mol. The van der Waals surface area contributed by atoms with Gasteiger partial charge in [-0.2, -0.15) is 0 Å². The zero-order chi connectivity index (χ0) is 27.9. The summed E-state index contributed by atoms with van der Waals surface area (Å²) < 4.78 is 11.9. The summed E-state index contributed by atoms with van der Waals surface area (Å²) in [6, 6.07) is 18.1. The lowest BCUT2D eigenvalue weighted by atomic mass is 9.85. The summed E-state index contributed by atoms with van der Waals surface area (Å²) >= 11 is 19.7. The van der Waals surface area contributed by atoms with Crippen LogP contribution in [0.3, 0.4) is 0 Å². The number of oxime groups is 1. The van der Waals surface area contributed by atoms with Gasteiger partial charge >= 0.3 is 5.97 Å². The Morgan fingerprint density at radius 1 is 1.03 bits per heavy atom. The summed E-state index contributed by atoms with van der Waals surface area (Å²) in [5.41, 5.74) is 3.01. The molecule has 5 rings (SSSR count). The highest BCUT2D eigenvalue weighted by Crippen LogP contribution is 2.56. The zero-order valence-corrected chi connectivity index (χ0v) is 23.9. The standard InChI is InChI=1S/C30H28Cl3NO5/c1-30(2,37-3)28-22(27(34-39-28)26-23(31)5-4-6-24(26)32)15-38-18-11-12-19(25(33)13-18)21-14-20(21)16-7-9-17(10-8-16)29(35)36/h4-13,20-22,28H,14-15H2,1-3H3,(H,35,36). The Hall–Kier alpha value is -2.77. The SMILES string of the molecule is COC(C)(C)C1ON=C(c2c(Cl)cccc2Cl)C1COc1ccc(C2CC2c2ccc(C(=O)O)cc2)c(Cl)c1. The first-order valence-corrected chi connectivity index (χ1v) is 13.7. The smallest absolute Gasteiger partial charge is 0.335 e. The normalized spacial score (nSPS) is 22.3. The molecule has 39 heavy (non-hydrogen) atoms. The monoisotopic (exact) mass is 587 g/mol. The minimum atomic E-state index is -0.929. The van der Waals surface area contributed by atoms with Gasteiger partial charge < -0.3 is 19.4 Å². The minimum Gasteiger partial charge on any atom is -0.493 e. The van der Waals surface area contributed by atoms with Gasteiger partial charge in [-0.3, -0.25) is 0 Å². The number of ether oxygens (including phenoxy) is 2. The van der Waals surface area contributed by atoms with Gasteiger partial charge in [0.05, 0.1) is 21.5 Å². The third kappa shape index (κ3) is 5.62. The molecule has 4 unspecified atom stereocenters. The number of methoxy groups -OCH3 is 1. The van der Waals surface area contributed by atoms with Crippen molar-refractivity contribution in [3.63, 3.8) is 0 Å². The Kier molecular flexibility index (Phi) is 7.84. The third-order valence-corrected chi connectivity index (χ3v) is 8.55. The third-order valence-electron chi connectivity index (χ3n) is 7.59. The lowest BCUT2D eigenvalue weighted by molar-refractivity contribution is -0.114. The van der Waals surface area contributed by atoms with Gasteiger partial charge in [0.15, 0.2) is 6.10 Å². The van der Waals surface area contributed by atoms with Crippen LogP contribution in [0.1, 0.15) is 59.2 Å². The van der Waals surface area contributed by atoms with Crippen molar-refractivity contribution >= 4 is 46.5 Å². The molecular formula is C30H28Cl3NO5. The maximum Gasteiger partial charge on any atom is 0.335 e. The molecule has 4 atom stereocenters. The molecule has 0 radical (unpaired) electrons. The van der Waals surface area contributed by atoms with Gasteiger partial charge in [0.25, 0.3) is 0 Å². The van der Waals surface area contributed by atoms with E-state index in [9.17, 15) is 4.79 Å². The van der Waals surface area contributed by atoms with E-state index in [-0.39, 0.29) is 24.0 Å². The van der Waals surface area contributed by atoms with Crippen molar-refractivity contribution in [1.82, 2.24) is 0 Å². The van der Waals surface area contributed by atoms with Gasteiger partial charge in [0.1, 0.15) is 23.7 Å². The Labute approximate surface area is 242 Å². The van der Waals surface area contributed by atoms with Crippen LogP contribution in [0.5, 0.6) is 5.75 Å². The first-order chi connectivity index (χ1) is 18.6.